The maximum Gasteiger partial charge on any atom is 0.0969 e. The van der Waals surface area contributed by atoms with E-state index in [2.05, 4.69) is 15.6 Å². The van der Waals surface area contributed by atoms with Gasteiger partial charge in [0.15, 0.2) is 0 Å². The Morgan fingerprint density at radius 2 is 2.06 bits per heavy atom. The number of para-hydroxylation sites is 1. The van der Waals surface area contributed by atoms with E-state index in [9.17, 15) is 0 Å². The van der Waals surface area contributed by atoms with Gasteiger partial charge in [0, 0.05) is 12.6 Å². The Bertz CT molecular complexity index is 459. The molecule has 16 heavy (non-hydrogen) atoms. The number of rotatable bonds is 4. The molecule has 0 amide bonds. The highest BCUT2D eigenvalue weighted by Crippen LogP contribution is 2.19. The van der Waals surface area contributed by atoms with Crippen molar-refractivity contribution in [2.75, 3.05) is 0 Å². The van der Waals surface area contributed by atoms with Crippen molar-refractivity contribution in [3.05, 3.63) is 42.2 Å². The maximum absolute atomic E-state index is 4.14. The van der Waals surface area contributed by atoms with Crippen molar-refractivity contribution in [1.82, 2.24) is 20.3 Å². The summed E-state index contributed by atoms with van der Waals surface area (Å²) >= 11 is 0. The fourth-order valence-corrected chi connectivity index (χ4v) is 1.62. The van der Waals surface area contributed by atoms with Gasteiger partial charge >= 0.3 is 0 Å². The monoisotopic (exact) mass is 214 g/mol. The Morgan fingerprint density at radius 1 is 1.25 bits per heavy atom. The number of hydrogen-bond acceptors (Lipinski definition) is 3. The molecule has 0 unspecified atom stereocenters. The maximum atomic E-state index is 4.14. The average molecular weight is 214 g/mol. The summed E-state index contributed by atoms with van der Waals surface area (Å²) in [6.07, 6.45) is 4.57. The standard InChI is InChI=1S/C12H14N4/c1-2-4-12(5-3-1)16-9-11(14-15-16)8-13-10-6-7-10/h1-5,9-10,13H,6-8H2. The van der Waals surface area contributed by atoms with E-state index < -0.39 is 0 Å². The van der Waals surface area contributed by atoms with Crippen LogP contribution in [0.25, 0.3) is 5.69 Å². The number of aromatic nitrogens is 3. The van der Waals surface area contributed by atoms with E-state index in [1.54, 1.807) is 0 Å². The van der Waals surface area contributed by atoms with E-state index in [1.807, 2.05) is 41.2 Å². The predicted octanol–water partition coefficient (Wildman–Crippen LogP) is 1.52. The zero-order valence-electron chi connectivity index (χ0n) is 9.00. The molecule has 4 heteroatoms. The summed E-state index contributed by atoms with van der Waals surface area (Å²) in [7, 11) is 0. The molecule has 3 rings (SSSR count). The molecule has 1 heterocycles. The summed E-state index contributed by atoms with van der Waals surface area (Å²) in [6.45, 7) is 0.817. The summed E-state index contributed by atoms with van der Waals surface area (Å²) in [6, 6.07) is 10.7. The first-order chi connectivity index (χ1) is 7.92. The van der Waals surface area contributed by atoms with Gasteiger partial charge in [0.25, 0.3) is 0 Å². The Labute approximate surface area is 94.3 Å². The van der Waals surface area contributed by atoms with Gasteiger partial charge in [-0.15, -0.1) is 5.10 Å². The molecule has 1 aromatic carbocycles. The lowest BCUT2D eigenvalue weighted by atomic mass is 10.3. The van der Waals surface area contributed by atoms with Crippen molar-refractivity contribution in [1.29, 1.82) is 0 Å². The molecule has 1 aromatic heterocycles. The van der Waals surface area contributed by atoms with Crippen molar-refractivity contribution in [2.45, 2.75) is 25.4 Å². The second-order valence-corrected chi connectivity index (χ2v) is 4.15. The second kappa shape index (κ2) is 4.06. The number of benzene rings is 1. The molecule has 1 fully saturated rings. The molecule has 0 atom stereocenters. The summed E-state index contributed by atoms with van der Waals surface area (Å²) < 4.78 is 1.81. The fraction of sp³-hybridized carbons (Fsp3) is 0.333. The highest BCUT2D eigenvalue weighted by molar-refractivity contribution is 5.29. The largest absolute Gasteiger partial charge is 0.308 e. The van der Waals surface area contributed by atoms with E-state index in [0.29, 0.717) is 6.04 Å². The van der Waals surface area contributed by atoms with Gasteiger partial charge in [-0.05, 0) is 25.0 Å². The van der Waals surface area contributed by atoms with Crippen LogP contribution in [0.3, 0.4) is 0 Å². The molecule has 0 radical (unpaired) electrons. The predicted molar refractivity (Wildman–Crippen MR) is 61.2 cm³/mol. The summed E-state index contributed by atoms with van der Waals surface area (Å²) in [5, 5.41) is 11.7. The molecule has 1 N–H and O–H groups in total. The summed E-state index contributed by atoms with van der Waals surface area (Å²) in [5.74, 6) is 0. The third kappa shape index (κ3) is 2.12. The lowest BCUT2D eigenvalue weighted by Crippen LogP contribution is -2.15. The minimum absolute atomic E-state index is 0.710. The third-order valence-corrected chi connectivity index (χ3v) is 2.71. The Kier molecular flexibility index (Phi) is 2.42. The Balaban J connectivity index is 1.71. The van der Waals surface area contributed by atoms with Gasteiger partial charge in [-0.25, -0.2) is 4.68 Å². The van der Waals surface area contributed by atoms with Gasteiger partial charge in [-0.3, -0.25) is 0 Å². The molecular weight excluding hydrogens is 200 g/mol. The van der Waals surface area contributed by atoms with Crippen molar-refractivity contribution in [3.8, 4) is 5.69 Å². The molecule has 0 aliphatic heterocycles. The molecule has 1 saturated carbocycles. The smallest absolute Gasteiger partial charge is 0.0969 e. The van der Waals surface area contributed by atoms with Crippen LogP contribution in [-0.4, -0.2) is 21.0 Å². The van der Waals surface area contributed by atoms with Crippen molar-refractivity contribution < 1.29 is 0 Å². The zero-order valence-corrected chi connectivity index (χ0v) is 9.00. The SMILES string of the molecule is c1ccc(-n2cc(CNC3CC3)nn2)cc1. The molecular formula is C12H14N4. The lowest BCUT2D eigenvalue weighted by Gasteiger charge is -1.98. The number of nitrogens with zero attached hydrogens (tertiary/aromatic N) is 3. The van der Waals surface area contributed by atoms with Crippen LogP contribution in [0.2, 0.25) is 0 Å². The van der Waals surface area contributed by atoms with E-state index in [0.717, 1.165) is 17.9 Å². The van der Waals surface area contributed by atoms with Crippen molar-refractivity contribution in [3.63, 3.8) is 0 Å². The molecule has 2 aromatic rings. The highest BCUT2D eigenvalue weighted by Gasteiger charge is 2.20. The molecule has 4 nitrogen and oxygen atoms in total. The molecule has 82 valence electrons. The van der Waals surface area contributed by atoms with Gasteiger partial charge in [0.05, 0.1) is 17.6 Å². The zero-order chi connectivity index (χ0) is 10.8. The van der Waals surface area contributed by atoms with E-state index in [1.165, 1.54) is 12.8 Å². The summed E-state index contributed by atoms with van der Waals surface area (Å²) in [4.78, 5) is 0. The third-order valence-electron chi connectivity index (χ3n) is 2.71. The normalized spacial score (nSPS) is 15.2. The van der Waals surface area contributed by atoms with Gasteiger partial charge < -0.3 is 5.32 Å². The fourth-order valence-electron chi connectivity index (χ4n) is 1.62. The number of nitrogens with one attached hydrogen (secondary N) is 1. The van der Waals surface area contributed by atoms with E-state index >= 15 is 0 Å². The van der Waals surface area contributed by atoms with Crippen LogP contribution in [0.4, 0.5) is 0 Å². The molecule has 1 aliphatic rings. The lowest BCUT2D eigenvalue weighted by molar-refractivity contribution is 0.671. The van der Waals surface area contributed by atoms with Gasteiger partial charge in [-0.2, -0.15) is 0 Å². The number of hydrogen-bond donors (Lipinski definition) is 1. The average Bonchev–Trinajstić information content (AvgIpc) is 3.05. The van der Waals surface area contributed by atoms with Gasteiger partial charge in [0.2, 0.25) is 0 Å². The first-order valence-corrected chi connectivity index (χ1v) is 5.62. The van der Waals surface area contributed by atoms with Gasteiger partial charge in [0.1, 0.15) is 0 Å². The molecule has 0 saturated heterocycles. The van der Waals surface area contributed by atoms with Gasteiger partial charge in [-0.1, -0.05) is 23.4 Å². The van der Waals surface area contributed by atoms with E-state index in [4.69, 9.17) is 0 Å². The summed E-state index contributed by atoms with van der Waals surface area (Å²) in [5.41, 5.74) is 2.04. The van der Waals surface area contributed by atoms with Crippen LogP contribution in [0, 0.1) is 0 Å². The van der Waals surface area contributed by atoms with E-state index in [-0.39, 0.29) is 0 Å². The first kappa shape index (κ1) is 9.54. The minimum Gasteiger partial charge on any atom is -0.308 e. The topological polar surface area (TPSA) is 42.7 Å². The van der Waals surface area contributed by atoms with Crippen molar-refractivity contribution in [2.24, 2.45) is 0 Å². The quantitative estimate of drug-likeness (QED) is 0.839. The highest BCUT2D eigenvalue weighted by atomic mass is 15.4. The molecule has 0 bridgehead atoms. The second-order valence-electron chi connectivity index (χ2n) is 4.15. The molecule has 0 spiro atoms. The Morgan fingerprint density at radius 3 is 2.81 bits per heavy atom. The Hall–Kier alpha value is -1.68. The van der Waals surface area contributed by atoms with Crippen LogP contribution in [-0.2, 0) is 6.54 Å². The molecule has 1 aliphatic carbocycles. The minimum atomic E-state index is 0.710. The van der Waals surface area contributed by atoms with Crippen LogP contribution in [0.5, 0.6) is 0 Å². The van der Waals surface area contributed by atoms with Crippen LogP contribution in [0.1, 0.15) is 18.5 Å². The van der Waals surface area contributed by atoms with Crippen LogP contribution in [0.15, 0.2) is 36.5 Å². The van der Waals surface area contributed by atoms with Crippen LogP contribution >= 0.6 is 0 Å². The van der Waals surface area contributed by atoms with Crippen LogP contribution < -0.4 is 5.32 Å². The van der Waals surface area contributed by atoms with Crippen molar-refractivity contribution >= 4 is 0 Å². The first-order valence-electron chi connectivity index (χ1n) is 5.62.